The third-order valence-electron chi connectivity index (χ3n) is 3.13. The van der Waals surface area contributed by atoms with Crippen molar-refractivity contribution >= 4 is 12.3 Å². The first-order valence-electron chi connectivity index (χ1n) is 6.33. The molecule has 21 heavy (non-hydrogen) atoms. The van der Waals surface area contributed by atoms with E-state index in [1.165, 1.54) is 7.11 Å². The van der Waals surface area contributed by atoms with Gasteiger partial charge in [-0.1, -0.05) is 0 Å². The molecule has 2 rings (SSSR count). The lowest BCUT2D eigenvalue weighted by atomic mass is 10.1. The van der Waals surface area contributed by atoms with Crippen molar-refractivity contribution in [2.45, 2.75) is 13.5 Å². The molecular weight excluding hydrogens is 272 g/mol. The van der Waals surface area contributed by atoms with Gasteiger partial charge in [0, 0.05) is 11.8 Å². The zero-order chi connectivity index (χ0) is 15.4. The van der Waals surface area contributed by atoms with E-state index in [4.69, 9.17) is 9.47 Å². The van der Waals surface area contributed by atoms with E-state index in [2.05, 4.69) is 5.10 Å². The van der Waals surface area contributed by atoms with E-state index in [1.54, 1.807) is 36.2 Å². The molecule has 0 aliphatic rings. The van der Waals surface area contributed by atoms with Gasteiger partial charge in [-0.3, -0.25) is 9.48 Å². The summed E-state index contributed by atoms with van der Waals surface area (Å²) in [5.74, 6) is 0.229. The van der Waals surface area contributed by atoms with E-state index in [0.29, 0.717) is 29.8 Å². The number of nitrogens with zero attached hydrogens (tertiary/aromatic N) is 2. The predicted octanol–water partition coefficient (Wildman–Crippen LogP) is 1.85. The number of ether oxygens (including phenoxy) is 2. The molecule has 0 amide bonds. The van der Waals surface area contributed by atoms with Gasteiger partial charge in [-0.05, 0) is 30.7 Å². The monoisotopic (exact) mass is 288 g/mol. The number of esters is 1. The molecular formula is C15H16N2O4. The molecule has 110 valence electrons. The van der Waals surface area contributed by atoms with Gasteiger partial charge < -0.3 is 9.47 Å². The molecule has 6 heteroatoms. The summed E-state index contributed by atoms with van der Waals surface area (Å²) in [6.45, 7) is 2.21. The molecule has 0 N–H and O–H groups in total. The molecule has 6 nitrogen and oxygen atoms in total. The Labute approximate surface area is 122 Å². The second-order valence-corrected chi connectivity index (χ2v) is 4.53. The van der Waals surface area contributed by atoms with Crippen LogP contribution in [0.15, 0.2) is 24.4 Å². The van der Waals surface area contributed by atoms with Gasteiger partial charge in [0.05, 0.1) is 26.3 Å². The van der Waals surface area contributed by atoms with Crippen molar-refractivity contribution in [3.63, 3.8) is 0 Å². The molecule has 1 aromatic carbocycles. The van der Waals surface area contributed by atoms with E-state index >= 15 is 0 Å². The van der Waals surface area contributed by atoms with Gasteiger partial charge in [-0.2, -0.15) is 5.10 Å². The summed E-state index contributed by atoms with van der Waals surface area (Å²) >= 11 is 0. The average Bonchev–Trinajstić information content (AvgIpc) is 2.86. The zero-order valence-electron chi connectivity index (χ0n) is 12.1. The van der Waals surface area contributed by atoms with Gasteiger partial charge in [0.25, 0.3) is 0 Å². The zero-order valence-corrected chi connectivity index (χ0v) is 12.1. The quantitative estimate of drug-likeness (QED) is 0.620. The minimum Gasteiger partial charge on any atom is -0.496 e. The molecule has 0 spiro atoms. The Morgan fingerprint density at radius 2 is 2.14 bits per heavy atom. The number of aldehydes is 1. The maximum absolute atomic E-state index is 11.6. The molecule has 1 aromatic heterocycles. The highest BCUT2D eigenvalue weighted by Crippen LogP contribution is 2.21. The summed E-state index contributed by atoms with van der Waals surface area (Å²) in [6, 6.07) is 5.04. The van der Waals surface area contributed by atoms with Crippen LogP contribution in [0.1, 0.15) is 32.0 Å². The topological polar surface area (TPSA) is 70.4 Å². The largest absolute Gasteiger partial charge is 0.496 e. The lowest BCUT2D eigenvalue weighted by Gasteiger charge is -2.10. The van der Waals surface area contributed by atoms with Gasteiger partial charge in [0.15, 0.2) is 6.29 Å². The molecule has 0 saturated heterocycles. The van der Waals surface area contributed by atoms with Gasteiger partial charge in [0.1, 0.15) is 11.4 Å². The molecule has 0 aliphatic heterocycles. The molecule has 2 aromatic rings. The highest BCUT2D eigenvalue weighted by Gasteiger charge is 2.12. The van der Waals surface area contributed by atoms with Crippen molar-refractivity contribution in [2.24, 2.45) is 0 Å². The van der Waals surface area contributed by atoms with E-state index in [9.17, 15) is 9.59 Å². The Hall–Kier alpha value is -2.63. The average molecular weight is 288 g/mol. The molecule has 0 atom stereocenters. The van der Waals surface area contributed by atoms with Crippen LogP contribution in [0, 0.1) is 6.92 Å². The smallest absolute Gasteiger partial charge is 0.337 e. The maximum atomic E-state index is 11.6. The maximum Gasteiger partial charge on any atom is 0.337 e. The van der Waals surface area contributed by atoms with Crippen LogP contribution in [0.25, 0.3) is 0 Å². The van der Waals surface area contributed by atoms with Crippen LogP contribution in [0.2, 0.25) is 0 Å². The Morgan fingerprint density at radius 3 is 2.71 bits per heavy atom. The van der Waals surface area contributed by atoms with Crippen LogP contribution in [0.3, 0.4) is 0 Å². The summed E-state index contributed by atoms with van der Waals surface area (Å²) in [4.78, 5) is 22.4. The SMILES string of the molecule is COC(=O)c1ccc(OC)c(Cn2cc(C)c(C=O)n2)c1. The standard InChI is InChI=1S/C15H16N2O4/c1-10-7-17(16-13(10)9-18)8-12-6-11(15(19)21-3)4-5-14(12)20-2/h4-7,9H,8H2,1-3H3. The summed E-state index contributed by atoms with van der Waals surface area (Å²) in [6.07, 6.45) is 2.49. The van der Waals surface area contributed by atoms with Crippen LogP contribution in [0.4, 0.5) is 0 Å². The van der Waals surface area contributed by atoms with Crippen molar-refractivity contribution in [3.8, 4) is 5.75 Å². The molecule has 0 aliphatic carbocycles. The van der Waals surface area contributed by atoms with Crippen LogP contribution in [-0.4, -0.2) is 36.3 Å². The summed E-state index contributed by atoms with van der Waals surface area (Å²) in [5, 5.41) is 4.17. The molecule has 0 fully saturated rings. The number of hydrogen-bond acceptors (Lipinski definition) is 5. The van der Waals surface area contributed by atoms with Gasteiger partial charge in [0.2, 0.25) is 0 Å². The first kappa shape index (κ1) is 14.8. The Bertz CT molecular complexity index is 676. The van der Waals surface area contributed by atoms with Crippen molar-refractivity contribution in [1.82, 2.24) is 9.78 Å². The Morgan fingerprint density at radius 1 is 1.38 bits per heavy atom. The lowest BCUT2D eigenvalue weighted by Crippen LogP contribution is -2.06. The number of carbonyl (C=O) groups is 2. The summed E-state index contributed by atoms with van der Waals surface area (Å²) in [7, 11) is 2.89. The molecule has 1 heterocycles. The van der Waals surface area contributed by atoms with Gasteiger partial charge >= 0.3 is 5.97 Å². The minimum absolute atomic E-state index is 0.392. The van der Waals surface area contributed by atoms with Gasteiger partial charge in [-0.25, -0.2) is 4.79 Å². The highest BCUT2D eigenvalue weighted by atomic mass is 16.5. The molecule has 0 radical (unpaired) electrons. The first-order valence-corrected chi connectivity index (χ1v) is 6.33. The van der Waals surface area contributed by atoms with E-state index in [0.717, 1.165) is 11.1 Å². The van der Waals surface area contributed by atoms with Gasteiger partial charge in [-0.15, -0.1) is 0 Å². The second kappa shape index (κ2) is 6.21. The van der Waals surface area contributed by atoms with E-state index < -0.39 is 5.97 Å². The van der Waals surface area contributed by atoms with Crippen LogP contribution in [0.5, 0.6) is 5.75 Å². The van der Waals surface area contributed by atoms with E-state index in [-0.39, 0.29) is 0 Å². The van der Waals surface area contributed by atoms with Crippen molar-refractivity contribution in [3.05, 3.63) is 46.8 Å². The number of hydrogen-bond donors (Lipinski definition) is 0. The molecule has 0 bridgehead atoms. The van der Waals surface area contributed by atoms with E-state index in [1.807, 2.05) is 6.92 Å². The van der Waals surface area contributed by atoms with Crippen molar-refractivity contribution in [2.75, 3.05) is 14.2 Å². The lowest BCUT2D eigenvalue weighted by molar-refractivity contribution is 0.0600. The van der Waals surface area contributed by atoms with Crippen LogP contribution < -0.4 is 4.74 Å². The minimum atomic E-state index is -0.413. The fourth-order valence-corrected chi connectivity index (χ4v) is 2.05. The number of carbonyl (C=O) groups excluding carboxylic acids is 2. The summed E-state index contributed by atoms with van der Waals surface area (Å²) < 4.78 is 11.6. The highest BCUT2D eigenvalue weighted by molar-refractivity contribution is 5.89. The first-order chi connectivity index (χ1) is 10.1. The number of methoxy groups -OCH3 is 2. The number of aromatic nitrogens is 2. The fourth-order valence-electron chi connectivity index (χ4n) is 2.05. The third kappa shape index (κ3) is 3.10. The second-order valence-electron chi connectivity index (χ2n) is 4.53. The number of benzene rings is 1. The number of rotatable bonds is 5. The van der Waals surface area contributed by atoms with Crippen molar-refractivity contribution in [1.29, 1.82) is 0 Å². The fraction of sp³-hybridized carbons (Fsp3) is 0.267. The Balaban J connectivity index is 2.36. The van der Waals surface area contributed by atoms with Crippen LogP contribution in [-0.2, 0) is 11.3 Å². The Kier molecular flexibility index (Phi) is 4.37. The molecule has 0 saturated carbocycles. The molecule has 0 unspecified atom stereocenters. The summed E-state index contributed by atoms with van der Waals surface area (Å²) in [5.41, 5.74) is 2.42. The third-order valence-corrected chi connectivity index (χ3v) is 3.13. The predicted molar refractivity (Wildman–Crippen MR) is 75.8 cm³/mol. The van der Waals surface area contributed by atoms with Crippen LogP contribution >= 0.6 is 0 Å². The normalized spacial score (nSPS) is 10.2. The van der Waals surface area contributed by atoms with Crippen molar-refractivity contribution < 1.29 is 19.1 Å². The number of aryl methyl sites for hydroxylation is 1.